The van der Waals surface area contributed by atoms with Gasteiger partial charge in [-0.25, -0.2) is 0 Å². The highest BCUT2D eigenvalue weighted by molar-refractivity contribution is 6.31. The molecule has 1 amide bonds. The second-order valence-corrected chi connectivity index (χ2v) is 5.38. The van der Waals surface area contributed by atoms with Crippen molar-refractivity contribution in [2.45, 2.75) is 6.92 Å². The van der Waals surface area contributed by atoms with Crippen LogP contribution in [0.15, 0.2) is 57.9 Å². The maximum absolute atomic E-state index is 12.4. The largest absolute Gasteiger partial charge is 0.463 e. The number of anilines is 1. The molecule has 3 aromatic rings. The SMILES string of the molecule is Cc1ccc2occ(C(=O)Nc3cccc(Cl)c3)c(=O)c2c1. The van der Waals surface area contributed by atoms with Crippen LogP contribution in [0.5, 0.6) is 0 Å². The van der Waals surface area contributed by atoms with Crippen molar-refractivity contribution >= 4 is 34.2 Å². The lowest BCUT2D eigenvalue weighted by Gasteiger charge is -2.06. The Labute approximate surface area is 131 Å². The summed E-state index contributed by atoms with van der Waals surface area (Å²) in [7, 11) is 0. The van der Waals surface area contributed by atoms with Crippen molar-refractivity contribution in [3.63, 3.8) is 0 Å². The summed E-state index contributed by atoms with van der Waals surface area (Å²) in [5.74, 6) is -0.528. The zero-order valence-corrected chi connectivity index (χ0v) is 12.5. The molecule has 0 fully saturated rings. The highest BCUT2D eigenvalue weighted by Gasteiger charge is 2.14. The number of hydrogen-bond acceptors (Lipinski definition) is 3. The third kappa shape index (κ3) is 2.73. The monoisotopic (exact) mass is 313 g/mol. The minimum atomic E-state index is -0.528. The van der Waals surface area contributed by atoms with Crippen LogP contribution in [0.4, 0.5) is 5.69 Å². The Bertz CT molecular complexity index is 931. The smallest absolute Gasteiger partial charge is 0.262 e. The predicted molar refractivity (Wildman–Crippen MR) is 86.6 cm³/mol. The number of aryl methyl sites for hydroxylation is 1. The molecule has 0 bridgehead atoms. The molecular weight excluding hydrogens is 302 g/mol. The van der Waals surface area contributed by atoms with Crippen molar-refractivity contribution < 1.29 is 9.21 Å². The third-order valence-corrected chi connectivity index (χ3v) is 3.49. The molecule has 0 atom stereocenters. The molecule has 22 heavy (non-hydrogen) atoms. The maximum Gasteiger partial charge on any atom is 0.262 e. The number of rotatable bonds is 2. The van der Waals surface area contributed by atoms with Crippen LogP contribution in [0.3, 0.4) is 0 Å². The summed E-state index contributed by atoms with van der Waals surface area (Å²) in [6.07, 6.45) is 1.18. The number of fused-ring (bicyclic) bond motifs is 1. The summed E-state index contributed by atoms with van der Waals surface area (Å²) < 4.78 is 5.37. The van der Waals surface area contributed by atoms with E-state index >= 15 is 0 Å². The van der Waals surface area contributed by atoms with Crippen LogP contribution >= 0.6 is 11.6 Å². The number of halogens is 1. The van der Waals surface area contributed by atoms with Crippen molar-refractivity contribution in [2.75, 3.05) is 5.32 Å². The van der Waals surface area contributed by atoms with E-state index in [1.165, 1.54) is 6.26 Å². The molecule has 2 aromatic carbocycles. The molecule has 0 saturated heterocycles. The number of carbonyl (C=O) groups is 1. The Morgan fingerprint density at radius 1 is 1.18 bits per heavy atom. The van der Waals surface area contributed by atoms with Crippen molar-refractivity contribution in [1.29, 1.82) is 0 Å². The molecular formula is C17H12ClNO3. The molecule has 0 unspecified atom stereocenters. The number of amides is 1. The quantitative estimate of drug-likeness (QED) is 0.777. The molecule has 1 N–H and O–H groups in total. The van der Waals surface area contributed by atoms with Gasteiger partial charge in [0, 0.05) is 10.7 Å². The van der Waals surface area contributed by atoms with E-state index < -0.39 is 5.91 Å². The van der Waals surface area contributed by atoms with Crippen molar-refractivity contribution in [1.82, 2.24) is 0 Å². The molecule has 0 spiro atoms. The zero-order valence-electron chi connectivity index (χ0n) is 11.7. The van der Waals surface area contributed by atoms with Crippen molar-refractivity contribution in [2.24, 2.45) is 0 Å². The van der Waals surface area contributed by atoms with E-state index in [4.69, 9.17) is 16.0 Å². The number of hydrogen-bond donors (Lipinski definition) is 1. The Morgan fingerprint density at radius 3 is 2.77 bits per heavy atom. The van der Waals surface area contributed by atoms with E-state index in [-0.39, 0.29) is 11.0 Å². The van der Waals surface area contributed by atoms with E-state index in [1.54, 1.807) is 36.4 Å². The van der Waals surface area contributed by atoms with Crippen LogP contribution in [0.25, 0.3) is 11.0 Å². The lowest BCUT2D eigenvalue weighted by molar-refractivity contribution is 0.102. The van der Waals surface area contributed by atoms with Gasteiger partial charge in [-0.15, -0.1) is 0 Å². The minimum absolute atomic E-state index is 0.0434. The van der Waals surface area contributed by atoms with Gasteiger partial charge in [0.1, 0.15) is 17.4 Å². The minimum Gasteiger partial charge on any atom is -0.463 e. The Balaban J connectivity index is 2.01. The van der Waals surface area contributed by atoms with Crippen LogP contribution in [-0.4, -0.2) is 5.91 Å². The average molecular weight is 314 g/mol. The molecule has 1 aromatic heterocycles. The third-order valence-electron chi connectivity index (χ3n) is 3.26. The second kappa shape index (κ2) is 5.66. The van der Waals surface area contributed by atoms with Gasteiger partial charge in [-0.05, 0) is 37.3 Å². The lowest BCUT2D eigenvalue weighted by Crippen LogP contribution is -2.21. The zero-order chi connectivity index (χ0) is 15.7. The van der Waals surface area contributed by atoms with Gasteiger partial charge in [-0.1, -0.05) is 29.3 Å². The first kappa shape index (κ1) is 14.4. The molecule has 0 radical (unpaired) electrons. The van der Waals surface area contributed by atoms with Gasteiger partial charge in [-0.2, -0.15) is 0 Å². The molecule has 4 nitrogen and oxygen atoms in total. The first-order chi connectivity index (χ1) is 10.5. The lowest BCUT2D eigenvalue weighted by atomic mass is 10.1. The van der Waals surface area contributed by atoms with Gasteiger partial charge in [0.25, 0.3) is 5.91 Å². The predicted octanol–water partition coefficient (Wildman–Crippen LogP) is 4.01. The molecule has 0 aliphatic heterocycles. The Hall–Kier alpha value is -2.59. The van der Waals surface area contributed by atoms with E-state index in [0.717, 1.165) is 5.56 Å². The standard InChI is InChI=1S/C17H12ClNO3/c1-10-5-6-15-13(7-10)16(20)14(9-22-15)17(21)19-12-4-2-3-11(18)8-12/h2-9H,1H3,(H,19,21). The van der Waals surface area contributed by atoms with Gasteiger partial charge in [0.05, 0.1) is 5.39 Å². The van der Waals surface area contributed by atoms with Gasteiger partial charge >= 0.3 is 0 Å². The van der Waals surface area contributed by atoms with Crippen molar-refractivity contribution in [3.8, 4) is 0 Å². The first-order valence-corrected chi connectivity index (χ1v) is 7.01. The van der Waals surface area contributed by atoms with E-state index in [0.29, 0.717) is 21.7 Å². The molecule has 0 aliphatic rings. The fourth-order valence-electron chi connectivity index (χ4n) is 2.17. The van der Waals surface area contributed by atoms with Crippen LogP contribution in [0.2, 0.25) is 5.02 Å². The molecule has 0 saturated carbocycles. The summed E-state index contributed by atoms with van der Waals surface area (Å²) in [6.45, 7) is 1.87. The Morgan fingerprint density at radius 2 is 2.00 bits per heavy atom. The van der Waals surface area contributed by atoms with Crippen LogP contribution < -0.4 is 10.7 Å². The summed E-state index contributed by atoms with van der Waals surface area (Å²) in [4.78, 5) is 24.7. The highest BCUT2D eigenvalue weighted by Crippen LogP contribution is 2.17. The molecule has 5 heteroatoms. The average Bonchev–Trinajstić information content (AvgIpc) is 2.48. The van der Waals surface area contributed by atoms with Gasteiger partial charge < -0.3 is 9.73 Å². The van der Waals surface area contributed by atoms with Crippen molar-refractivity contribution in [3.05, 3.63) is 75.1 Å². The van der Waals surface area contributed by atoms with Gasteiger partial charge in [0.15, 0.2) is 0 Å². The van der Waals surface area contributed by atoms with E-state index in [1.807, 2.05) is 13.0 Å². The molecule has 0 aliphatic carbocycles. The summed E-state index contributed by atoms with van der Waals surface area (Å²) in [5, 5.41) is 3.52. The Kier molecular flexibility index (Phi) is 3.69. The number of benzene rings is 2. The highest BCUT2D eigenvalue weighted by atomic mass is 35.5. The van der Waals surface area contributed by atoms with E-state index in [9.17, 15) is 9.59 Å². The summed E-state index contributed by atoms with van der Waals surface area (Å²) >= 11 is 5.87. The molecule has 3 rings (SSSR count). The molecule has 110 valence electrons. The summed E-state index contributed by atoms with van der Waals surface area (Å²) in [5.41, 5.74) is 1.49. The maximum atomic E-state index is 12.4. The van der Waals surface area contributed by atoms with Gasteiger partial charge in [0.2, 0.25) is 5.43 Å². The first-order valence-electron chi connectivity index (χ1n) is 6.64. The molecule has 1 heterocycles. The number of nitrogens with one attached hydrogen (secondary N) is 1. The number of carbonyl (C=O) groups excluding carboxylic acids is 1. The van der Waals surface area contributed by atoms with Gasteiger partial charge in [-0.3, -0.25) is 9.59 Å². The van der Waals surface area contributed by atoms with Crippen LogP contribution in [0, 0.1) is 6.92 Å². The topological polar surface area (TPSA) is 59.3 Å². The normalized spacial score (nSPS) is 10.6. The van der Waals surface area contributed by atoms with Crippen LogP contribution in [0.1, 0.15) is 15.9 Å². The van der Waals surface area contributed by atoms with Crippen LogP contribution in [-0.2, 0) is 0 Å². The van der Waals surface area contributed by atoms with E-state index in [2.05, 4.69) is 5.32 Å². The second-order valence-electron chi connectivity index (χ2n) is 4.94. The fourth-order valence-corrected chi connectivity index (χ4v) is 2.36. The summed E-state index contributed by atoms with van der Waals surface area (Å²) in [6, 6.07) is 12.0. The fraction of sp³-hybridized carbons (Fsp3) is 0.0588.